The second kappa shape index (κ2) is 6.75. The Balaban J connectivity index is 1.13. The Morgan fingerprint density at radius 1 is 1.03 bits per heavy atom. The van der Waals surface area contributed by atoms with Gasteiger partial charge in [-0.25, -0.2) is 0 Å². The van der Waals surface area contributed by atoms with E-state index >= 15 is 0 Å². The van der Waals surface area contributed by atoms with Gasteiger partial charge in [-0.2, -0.15) is 17.0 Å². The molecule has 6 aliphatic rings. The minimum atomic E-state index is -3.45. The smallest absolute Gasteiger partial charge is 0.283 e. The first kappa shape index (κ1) is 19.2. The van der Waals surface area contributed by atoms with Crippen molar-refractivity contribution >= 4 is 16.1 Å². The van der Waals surface area contributed by atoms with Gasteiger partial charge < -0.3 is 14.7 Å². The van der Waals surface area contributed by atoms with Gasteiger partial charge in [-0.1, -0.05) is 5.16 Å². The summed E-state index contributed by atoms with van der Waals surface area (Å²) in [5.74, 6) is 1.00. The van der Waals surface area contributed by atoms with Gasteiger partial charge in [0.1, 0.15) is 5.76 Å². The molecule has 6 heterocycles. The predicted molar refractivity (Wildman–Crippen MR) is 108 cm³/mol. The first-order chi connectivity index (χ1) is 14.4. The van der Waals surface area contributed by atoms with E-state index in [2.05, 4.69) is 22.4 Å². The maximum atomic E-state index is 13.5. The second-order valence-electron chi connectivity index (χ2n) is 9.85. The fraction of sp³-hybridized carbons (Fsp3) is 0.800. The Morgan fingerprint density at radius 2 is 1.67 bits per heavy atom. The molecule has 2 unspecified atom stereocenters. The van der Waals surface area contributed by atoms with Crippen molar-refractivity contribution in [1.29, 1.82) is 0 Å². The van der Waals surface area contributed by atoms with Crippen LogP contribution >= 0.6 is 0 Å². The van der Waals surface area contributed by atoms with E-state index in [4.69, 9.17) is 4.52 Å². The summed E-state index contributed by atoms with van der Waals surface area (Å²) in [7, 11) is -1.39. The van der Waals surface area contributed by atoms with E-state index in [1.54, 1.807) is 14.7 Å². The molecule has 1 aromatic heterocycles. The number of piperidine rings is 2. The Bertz CT molecular complexity index is 934. The highest BCUT2D eigenvalue weighted by Crippen LogP contribution is 2.43. The molecule has 5 atom stereocenters. The van der Waals surface area contributed by atoms with Crippen LogP contribution in [0.4, 0.5) is 0 Å². The maximum absolute atomic E-state index is 13.5. The van der Waals surface area contributed by atoms with Crippen LogP contribution in [-0.4, -0.2) is 83.3 Å². The van der Waals surface area contributed by atoms with Gasteiger partial charge in [-0.3, -0.25) is 4.79 Å². The van der Waals surface area contributed by atoms with Gasteiger partial charge in [-0.05, 0) is 52.0 Å². The molecule has 30 heavy (non-hydrogen) atoms. The lowest BCUT2D eigenvalue weighted by Gasteiger charge is -2.56. The highest BCUT2D eigenvalue weighted by Gasteiger charge is 2.56. The fourth-order valence-electron chi connectivity index (χ4n) is 6.12. The minimum absolute atomic E-state index is 0.0236. The van der Waals surface area contributed by atoms with Crippen molar-refractivity contribution in [2.45, 2.75) is 81.1 Å². The maximum Gasteiger partial charge on any atom is 0.283 e. The zero-order chi connectivity index (χ0) is 20.6. The van der Waals surface area contributed by atoms with Crippen molar-refractivity contribution in [3.8, 4) is 0 Å². The van der Waals surface area contributed by atoms with Crippen molar-refractivity contribution < 1.29 is 17.7 Å². The molecule has 5 saturated heterocycles. The highest BCUT2D eigenvalue weighted by atomic mass is 32.2. The van der Waals surface area contributed by atoms with E-state index in [1.807, 2.05) is 0 Å². The zero-order valence-corrected chi connectivity index (χ0v) is 18.1. The van der Waals surface area contributed by atoms with Crippen LogP contribution in [0.15, 0.2) is 10.6 Å². The summed E-state index contributed by atoms with van der Waals surface area (Å²) < 4.78 is 35.8. The average molecular weight is 436 g/mol. The molecule has 1 amide bonds. The van der Waals surface area contributed by atoms with Crippen LogP contribution in [0.25, 0.3) is 0 Å². The molecule has 1 aliphatic carbocycles. The minimum Gasteiger partial charge on any atom is -0.360 e. The lowest BCUT2D eigenvalue weighted by molar-refractivity contribution is -0.00214. The van der Waals surface area contributed by atoms with Gasteiger partial charge in [0.05, 0.1) is 0 Å². The number of hydrogen-bond donors (Lipinski definition) is 1. The summed E-state index contributed by atoms with van der Waals surface area (Å²) >= 11 is 0. The van der Waals surface area contributed by atoms with Crippen molar-refractivity contribution in [1.82, 2.24) is 24.0 Å². The fourth-order valence-corrected chi connectivity index (χ4v) is 8.53. The molecule has 4 bridgehead atoms. The Hall–Kier alpha value is -1.49. The number of carbonyl (C=O) groups is 1. The van der Waals surface area contributed by atoms with Crippen LogP contribution in [0.5, 0.6) is 0 Å². The molecule has 1 aromatic rings. The zero-order valence-electron chi connectivity index (χ0n) is 17.2. The lowest BCUT2D eigenvalue weighted by Crippen LogP contribution is -2.72. The summed E-state index contributed by atoms with van der Waals surface area (Å²) in [4.78, 5) is 14.9. The van der Waals surface area contributed by atoms with E-state index in [0.29, 0.717) is 24.5 Å². The summed E-state index contributed by atoms with van der Waals surface area (Å²) in [6, 6.07) is 1.90. The number of rotatable bonds is 5. The number of carbonyl (C=O) groups excluding carboxylic acids is 1. The van der Waals surface area contributed by atoms with E-state index in [1.165, 1.54) is 0 Å². The average Bonchev–Trinajstić information content (AvgIpc) is 3.33. The summed E-state index contributed by atoms with van der Waals surface area (Å²) in [5, 5.41) is 7.01. The standard InChI is InChI=1S/C20H29N5O4S/c1-23-10-16-8-17(11-23)25(16)30(27,28)24-14-4-5-15(24)7-13(6-14)21-20(26)18-9-19(29-22-18)12-2-3-12/h9,12-17H,2-8,10-11H2,1H3,(H,21,26)/t13-,14+,15-,16?,17?. The predicted octanol–water partition coefficient (Wildman–Crippen LogP) is 0.910. The topological polar surface area (TPSA) is 99.0 Å². The molecule has 1 N–H and O–H groups in total. The van der Waals surface area contributed by atoms with E-state index in [9.17, 15) is 13.2 Å². The molecular formula is C20H29N5O4S. The van der Waals surface area contributed by atoms with Gasteiger partial charge in [-0.15, -0.1) is 0 Å². The summed E-state index contributed by atoms with van der Waals surface area (Å²) in [5.41, 5.74) is 0.330. The quantitative estimate of drug-likeness (QED) is 0.738. The molecule has 5 aliphatic heterocycles. The number of fused-ring (bicyclic) bond motifs is 4. The van der Waals surface area contributed by atoms with Crippen molar-refractivity contribution in [2.24, 2.45) is 0 Å². The lowest BCUT2D eigenvalue weighted by atomic mass is 9.92. The Morgan fingerprint density at radius 3 is 2.30 bits per heavy atom. The van der Waals surface area contributed by atoms with Crippen LogP contribution in [0.3, 0.4) is 0 Å². The third-order valence-electron chi connectivity index (χ3n) is 7.58. The largest absolute Gasteiger partial charge is 0.360 e. The number of hydrogen-bond acceptors (Lipinski definition) is 6. The highest BCUT2D eigenvalue weighted by molar-refractivity contribution is 7.86. The molecule has 6 fully saturated rings. The first-order valence-electron chi connectivity index (χ1n) is 11.2. The molecule has 0 radical (unpaired) electrons. The third-order valence-corrected chi connectivity index (χ3v) is 9.84. The second-order valence-corrected chi connectivity index (χ2v) is 11.6. The Labute approximate surface area is 176 Å². The van der Waals surface area contributed by atoms with Crippen LogP contribution in [-0.2, 0) is 10.2 Å². The third kappa shape index (κ3) is 3.03. The monoisotopic (exact) mass is 435 g/mol. The number of aromatic nitrogens is 1. The summed E-state index contributed by atoms with van der Waals surface area (Å²) in [6.07, 6.45) is 6.25. The number of piperazine rings is 1. The molecule has 1 saturated carbocycles. The number of likely N-dealkylation sites (N-methyl/N-ethyl adjacent to an activating group) is 1. The van der Waals surface area contributed by atoms with Crippen molar-refractivity contribution in [3.05, 3.63) is 17.5 Å². The molecule has 10 heteroatoms. The van der Waals surface area contributed by atoms with Gasteiger partial charge in [0.25, 0.3) is 16.1 Å². The van der Waals surface area contributed by atoms with Gasteiger partial charge >= 0.3 is 0 Å². The molecular weight excluding hydrogens is 406 g/mol. The van der Waals surface area contributed by atoms with Crippen LogP contribution in [0.1, 0.15) is 67.1 Å². The van der Waals surface area contributed by atoms with Crippen molar-refractivity contribution in [2.75, 3.05) is 20.1 Å². The molecule has 0 spiro atoms. The summed E-state index contributed by atoms with van der Waals surface area (Å²) in [6.45, 7) is 1.64. The van der Waals surface area contributed by atoms with Gasteiger partial charge in [0.15, 0.2) is 5.69 Å². The van der Waals surface area contributed by atoms with E-state index in [-0.39, 0.29) is 36.1 Å². The molecule has 7 rings (SSSR count). The molecule has 9 nitrogen and oxygen atoms in total. The van der Waals surface area contributed by atoms with E-state index in [0.717, 1.165) is 51.0 Å². The molecule has 0 aromatic carbocycles. The van der Waals surface area contributed by atoms with Crippen LogP contribution in [0.2, 0.25) is 0 Å². The van der Waals surface area contributed by atoms with Crippen LogP contribution in [0, 0.1) is 0 Å². The first-order valence-corrected chi connectivity index (χ1v) is 12.6. The van der Waals surface area contributed by atoms with Crippen LogP contribution < -0.4 is 5.32 Å². The normalized spacial score (nSPS) is 37.2. The van der Waals surface area contributed by atoms with E-state index < -0.39 is 10.2 Å². The van der Waals surface area contributed by atoms with Gasteiger partial charge in [0, 0.05) is 55.3 Å². The number of amides is 1. The number of nitrogens with zero attached hydrogens (tertiary/aromatic N) is 4. The van der Waals surface area contributed by atoms with Gasteiger partial charge in [0.2, 0.25) is 0 Å². The SMILES string of the molecule is CN1CC2CC(C1)N2S(=O)(=O)N1[C@@H]2CC[C@H]1C[C@@H](NC(=O)c1cc(C3CC3)on1)C2. The number of nitrogens with one attached hydrogen (secondary N) is 1. The Kier molecular flexibility index (Phi) is 4.32. The van der Waals surface area contributed by atoms with Crippen molar-refractivity contribution in [3.63, 3.8) is 0 Å². The molecule has 164 valence electrons.